The molecular weight excluding hydrogens is 254 g/mol. The number of para-hydroxylation sites is 1. The van der Waals surface area contributed by atoms with Gasteiger partial charge in [0.2, 0.25) is 0 Å². The fraction of sp³-hybridized carbons (Fsp3) is 0.333. The number of nitrogens with zero attached hydrogens (tertiary/aromatic N) is 1. The lowest BCUT2D eigenvalue weighted by atomic mass is 10.1. The third-order valence-electron chi connectivity index (χ3n) is 3.08. The van der Waals surface area contributed by atoms with Crippen molar-refractivity contribution in [2.75, 3.05) is 0 Å². The predicted molar refractivity (Wildman–Crippen MR) is 78.1 cm³/mol. The number of amides is 1. The van der Waals surface area contributed by atoms with E-state index in [4.69, 9.17) is 10.6 Å². The van der Waals surface area contributed by atoms with Crippen LogP contribution in [0.2, 0.25) is 0 Å². The number of fused-ring (bicyclic) bond motifs is 1. The summed E-state index contributed by atoms with van der Waals surface area (Å²) in [5, 5.41) is 0.976. The van der Waals surface area contributed by atoms with Crippen LogP contribution in [0.1, 0.15) is 19.5 Å². The smallest absolute Gasteiger partial charge is 0.275 e. The maximum Gasteiger partial charge on any atom is 0.275 e. The zero-order chi connectivity index (χ0) is 14.7. The number of carbonyl (C=O) groups is 1. The first kappa shape index (κ1) is 14.3. The molecule has 20 heavy (non-hydrogen) atoms. The van der Waals surface area contributed by atoms with Crippen molar-refractivity contribution in [1.82, 2.24) is 10.4 Å². The normalized spacial score (nSPS) is 12.4. The van der Waals surface area contributed by atoms with Gasteiger partial charge in [-0.25, -0.2) is 10.8 Å². The first-order chi connectivity index (χ1) is 9.52. The van der Waals surface area contributed by atoms with Crippen LogP contribution in [0, 0.1) is 12.8 Å². The quantitative estimate of drug-likeness (QED) is 0.507. The molecule has 0 spiro atoms. The molecular formula is C15H19N3O2. The van der Waals surface area contributed by atoms with E-state index in [9.17, 15) is 4.79 Å². The Kier molecular flexibility index (Phi) is 4.20. The Bertz CT molecular complexity index is 626. The maximum absolute atomic E-state index is 11.8. The van der Waals surface area contributed by atoms with Crippen LogP contribution in [0.5, 0.6) is 5.75 Å². The molecule has 5 nitrogen and oxygen atoms in total. The van der Waals surface area contributed by atoms with Gasteiger partial charge in [-0.1, -0.05) is 32.0 Å². The SMILES string of the molecule is Cc1ccc2cccc(OC(C(=O)NN)C(C)C)c2n1. The van der Waals surface area contributed by atoms with E-state index in [1.807, 2.05) is 51.1 Å². The maximum atomic E-state index is 11.8. The third kappa shape index (κ3) is 2.88. The van der Waals surface area contributed by atoms with Crippen LogP contribution in [-0.2, 0) is 4.79 Å². The minimum atomic E-state index is -0.645. The number of aryl methyl sites for hydroxylation is 1. The number of hydrogen-bond acceptors (Lipinski definition) is 4. The number of benzene rings is 1. The molecule has 0 bridgehead atoms. The third-order valence-corrected chi connectivity index (χ3v) is 3.08. The number of hydrogen-bond donors (Lipinski definition) is 2. The van der Waals surface area contributed by atoms with E-state index in [0.717, 1.165) is 16.6 Å². The van der Waals surface area contributed by atoms with Crippen molar-refractivity contribution in [2.24, 2.45) is 11.8 Å². The predicted octanol–water partition coefficient (Wildman–Crippen LogP) is 1.94. The molecule has 0 aliphatic carbocycles. The second-order valence-electron chi connectivity index (χ2n) is 5.07. The van der Waals surface area contributed by atoms with Crippen LogP contribution < -0.4 is 16.0 Å². The number of rotatable bonds is 4. The Morgan fingerprint density at radius 2 is 2.05 bits per heavy atom. The highest BCUT2D eigenvalue weighted by molar-refractivity contribution is 5.86. The summed E-state index contributed by atoms with van der Waals surface area (Å²) in [4.78, 5) is 16.3. The van der Waals surface area contributed by atoms with E-state index < -0.39 is 6.10 Å². The number of nitrogens with one attached hydrogen (secondary N) is 1. The van der Waals surface area contributed by atoms with E-state index in [1.165, 1.54) is 0 Å². The van der Waals surface area contributed by atoms with Crippen LogP contribution in [0.15, 0.2) is 30.3 Å². The fourth-order valence-electron chi connectivity index (χ4n) is 2.02. The van der Waals surface area contributed by atoms with Gasteiger partial charge >= 0.3 is 0 Å². The Morgan fingerprint density at radius 1 is 1.30 bits per heavy atom. The molecule has 106 valence electrons. The van der Waals surface area contributed by atoms with Crippen LogP contribution in [0.4, 0.5) is 0 Å². The summed E-state index contributed by atoms with van der Waals surface area (Å²) in [5.74, 6) is 5.45. The molecule has 0 aliphatic heterocycles. The van der Waals surface area contributed by atoms with Gasteiger partial charge in [0, 0.05) is 11.1 Å². The number of hydrazine groups is 1. The van der Waals surface area contributed by atoms with Gasteiger partial charge in [0.15, 0.2) is 6.10 Å². The summed E-state index contributed by atoms with van der Waals surface area (Å²) in [7, 11) is 0. The fourth-order valence-corrected chi connectivity index (χ4v) is 2.02. The first-order valence-electron chi connectivity index (χ1n) is 6.56. The molecule has 3 N–H and O–H groups in total. The standard InChI is InChI=1S/C15H19N3O2/c1-9(2)14(15(19)18-16)20-12-6-4-5-11-8-7-10(3)17-13(11)12/h4-9,14H,16H2,1-3H3,(H,18,19). The first-order valence-corrected chi connectivity index (χ1v) is 6.56. The van der Waals surface area contributed by atoms with Crippen LogP contribution in [-0.4, -0.2) is 17.0 Å². The molecule has 1 unspecified atom stereocenters. The van der Waals surface area contributed by atoms with Crippen molar-refractivity contribution in [2.45, 2.75) is 26.9 Å². The minimum absolute atomic E-state index is 0.00128. The second kappa shape index (κ2) is 5.88. The minimum Gasteiger partial charge on any atom is -0.478 e. The second-order valence-corrected chi connectivity index (χ2v) is 5.07. The lowest BCUT2D eigenvalue weighted by molar-refractivity contribution is -0.129. The topological polar surface area (TPSA) is 77.2 Å². The van der Waals surface area contributed by atoms with Gasteiger partial charge in [-0.05, 0) is 25.0 Å². The molecule has 0 radical (unpaired) electrons. The van der Waals surface area contributed by atoms with Crippen LogP contribution in [0.25, 0.3) is 10.9 Å². The van der Waals surface area contributed by atoms with E-state index in [-0.39, 0.29) is 11.8 Å². The van der Waals surface area contributed by atoms with E-state index in [2.05, 4.69) is 10.4 Å². The van der Waals surface area contributed by atoms with Gasteiger partial charge in [-0.3, -0.25) is 10.2 Å². The molecule has 1 aromatic carbocycles. The number of pyridine rings is 1. The van der Waals surface area contributed by atoms with Crippen molar-refractivity contribution in [3.63, 3.8) is 0 Å². The van der Waals surface area contributed by atoms with Gasteiger partial charge in [-0.2, -0.15) is 0 Å². The summed E-state index contributed by atoms with van der Waals surface area (Å²) in [6.07, 6.45) is -0.645. The number of aromatic nitrogens is 1. The molecule has 2 rings (SSSR count). The number of ether oxygens (including phenoxy) is 1. The monoisotopic (exact) mass is 273 g/mol. The highest BCUT2D eigenvalue weighted by Gasteiger charge is 2.24. The number of carbonyl (C=O) groups excluding carboxylic acids is 1. The Hall–Kier alpha value is -2.14. The summed E-state index contributed by atoms with van der Waals surface area (Å²) < 4.78 is 5.84. The summed E-state index contributed by atoms with van der Waals surface area (Å²) in [6.45, 7) is 5.73. The Balaban J connectivity index is 2.42. The largest absolute Gasteiger partial charge is 0.478 e. The molecule has 0 aliphatic rings. The van der Waals surface area contributed by atoms with Gasteiger partial charge in [0.05, 0.1) is 0 Å². The molecule has 1 heterocycles. The highest BCUT2D eigenvalue weighted by atomic mass is 16.5. The lowest BCUT2D eigenvalue weighted by Crippen LogP contribution is -2.44. The zero-order valence-corrected chi connectivity index (χ0v) is 11.9. The summed E-state index contributed by atoms with van der Waals surface area (Å²) in [5.41, 5.74) is 3.80. The molecule has 0 saturated carbocycles. The summed E-state index contributed by atoms with van der Waals surface area (Å²) >= 11 is 0. The summed E-state index contributed by atoms with van der Waals surface area (Å²) in [6, 6.07) is 9.58. The van der Waals surface area contributed by atoms with Gasteiger partial charge in [0.1, 0.15) is 11.3 Å². The molecule has 5 heteroatoms. The van der Waals surface area contributed by atoms with Gasteiger partial charge in [0.25, 0.3) is 5.91 Å². The van der Waals surface area contributed by atoms with Crippen LogP contribution >= 0.6 is 0 Å². The van der Waals surface area contributed by atoms with Crippen molar-refractivity contribution < 1.29 is 9.53 Å². The van der Waals surface area contributed by atoms with E-state index >= 15 is 0 Å². The lowest BCUT2D eigenvalue weighted by Gasteiger charge is -2.21. The Morgan fingerprint density at radius 3 is 2.70 bits per heavy atom. The van der Waals surface area contributed by atoms with Crippen molar-refractivity contribution in [1.29, 1.82) is 0 Å². The zero-order valence-electron chi connectivity index (χ0n) is 11.9. The van der Waals surface area contributed by atoms with Crippen LogP contribution in [0.3, 0.4) is 0 Å². The molecule has 1 amide bonds. The van der Waals surface area contributed by atoms with Gasteiger partial charge < -0.3 is 4.74 Å². The highest BCUT2D eigenvalue weighted by Crippen LogP contribution is 2.26. The molecule has 1 atom stereocenters. The molecule has 0 saturated heterocycles. The average molecular weight is 273 g/mol. The van der Waals surface area contributed by atoms with Crippen molar-refractivity contribution in [3.8, 4) is 5.75 Å². The van der Waals surface area contributed by atoms with Gasteiger partial charge in [-0.15, -0.1) is 0 Å². The van der Waals surface area contributed by atoms with Crippen molar-refractivity contribution in [3.05, 3.63) is 36.0 Å². The molecule has 2 aromatic rings. The molecule has 0 fully saturated rings. The van der Waals surface area contributed by atoms with Crippen molar-refractivity contribution >= 4 is 16.8 Å². The Labute approximate surface area is 118 Å². The van der Waals surface area contributed by atoms with E-state index in [0.29, 0.717) is 5.75 Å². The number of nitrogens with two attached hydrogens (primary N) is 1. The average Bonchev–Trinajstić information content (AvgIpc) is 2.43. The van der Waals surface area contributed by atoms with E-state index in [1.54, 1.807) is 0 Å². The molecule has 1 aromatic heterocycles.